The van der Waals surface area contributed by atoms with Gasteiger partial charge in [-0.05, 0) is 62.5 Å². The predicted molar refractivity (Wildman–Crippen MR) is 108 cm³/mol. The lowest BCUT2D eigenvalue weighted by Crippen LogP contribution is -2.01. The molecule has 5 heteroatoms. The fourth-order valence-corrected chi connectivity index (χ4v) is 3.38. The summed E-state index contributed by atoms with van der Waals surface area (Å²) in [7, 11) is 1.71. The first-order chi connectivity index (χ1) is 12.7. The average molecular weight is 368 g/mol. The van der Waals surface area contributed by atoms with Crippen molar-refractivity contribution in [3.05, 3.63) is 52.2 Å². The second-order valence-corrected chi connectivity index (χ2v) is 7.30. The number of ether oxygens (including phenoxy) is 1. The zero-order valence-electron chi connectivity index (χ0n) is 15.1. The number of benzene rings is 1. The molecule has 0 aliphatic heterocycles. The quantitative estimate of drug-likeness (QED) is 0.719. The Morgan fingerprint density at radius 2 is 2.12 bits per heavy atom. The average Bonchev–Trinajstić information content (AvgIpc) is 3.37. The molecule has 2 aromatic rings. The van der Waals surface area contributed by atoms with Crippen LogP contribution in [0.1, 0.15) is 43.9 Å². The van der Waals surface area contributed by atoms with Crippen LogP contribution in [0.5, 0.6) is 5.75 Å². The third-order valence-corrected chi connectivity index (χ3v) is 5.13. The highest BCUT2D eigenvalue weighted by Gasteiger charge is 2.22. The van der Waals surface area contributed by atoms with Crippen molar-refractivity contribution in [3.8, 4) is 5.75 Å². The van der Waals surface area contributed by atoms with Gasteiger partial charge in [0.2, 0.25) is 0 Å². The van der Waals surface area contributed by atoms with E-state index in [2.05, 4.69) is 35.3 Å². The van der Waals surface area contributed by atoms with E-state index < -0.39 is 0 Å². The van der Waals surface area contributed by atoms with Crippen molar-refractivity contribution in [2.75, 3.05) is 7.11 Å². The topological polar surface area (TPSA) is 50.3 Å². The van der Waals surface area contributed by atoms with Crippen LogP contribution in [0.25, 0.3) is 17.0 Å². The Morgan fingerprint density at radius 3 is 2.81 bits per heavy atom. The molecule has 1 saturated carbocycles. The zero-order valence-corrected chi connectivity index (χ0v) is 15.8. The second kappa shape index (κ2) is 7.12. The summed E-state index contributed by atoms with van der Waals surface area (Å²) in [5.74, 6) is 0.832. The van der Waals surface area contributed by atoms with Gasteiger partial charge in [-0.25, -0.2) is 0 Å². The Bertz CT molecular complexity index is 961. The number of H-pyrrole nitrogens is 1. The number of aliphatic imine (C=N–C) groups is 1. The number of fused-ring (bicyclic) bond motifs is 1. The number of hydrogen-bond acceptors (Lipinski definition) is 3. The van der Waals surface area contributed by atoms with Crippen LogP contribution in [0.15, 0.2) is 46.0 Å². The van der Waals surface area contributed by atoms with Crippen LogP contribution in [0.3, 0.4) is 0 Å². The molecular formula is C21H22ClN3O. The molecular weight excluding hydrogens is 346 g/mol. The smallest absolute Gasteiger partial charge is 0.139 e. The van der Waals surface area contributed by atoms with Gasteiger partial charge in [0.05, 0.1) is 29.7 Å². The van der Waals surface area contributed by atoms with E-state index in [1.54, 1.807) is 7.11 Å². The number of nitrogens with one attached hydrogen (secondary N) is 1. The molecule has 1 aromatic heterocycles. The van der Waals surface area contributed by atoms with Crippen LogP contribution in [-0.2, 0) is 0 Å². The number of allylic oxidation sites excluding steroid dienone is 5. The van der Waals surface area contributed by atoms with Gasteiger partial charge in [0.15, 0.2) is 0 Å². The molecule has 0 bridgehead atoms. The highest BCUT2D eigenvalue weighted by molar-refractivity contribution is 6.29. The van der Waals surface area contributed by atoms with Crippen LogP contribution >= 0.6 is 11.6 Å². The molecule has 0 saturated heterocycles. The molecule has 2 aliphatic carbocycles. The summed E-state index contributed by atoms with van der Waals surface area (Å²) >= 11 is 6.03. The highest BCUT2D eigenvalue weighted by atomic mass is 35.5. The van der Waals surface area contributed by atoms with Gasteiger partial charge in [0.1, 0.15) is 5.75 Å². The number of aromatic amines is 1. The molecule has 0 spiro atoms. The molecule has 2 aliphatic rings. The van der Waals surface area contributed by atoms with E-state index in [0.717, 1.165) is 51.5 Å². The molecule has 1 fully saturated rings. The Labute approximate surface area is 158 Å². The van der Waals surface area contributed by atoms with Gasteiger partial charge in [-0.1, -0.05) is 23.8 Å². The molecule has 1 N–H and O–H groups in total. The van der Waals surface area contributed by atoms with E-state index in [1.165, 1.54) is 18.4 Å². The number of rotatable bonds is 5. The lowest BCUT2D eigenvalue weighted by Gasteiger charge is -2.10. The first kappa shape index (κ1) is 17.1. The van der Waals surface area contributed by atoms with Crippen LogP contribution < -0.4 is 4.74 Å². The Balaban J connectivity index is 1.74. The molecule has 134 valence electrons. The van der Waals surface area contributed by atoms with E-state index in [0.29, 0.717) is 6.04 Å². The van der Waals surface area contributed by atoms with Crippen LogP contribution in [0, 0.1) is 0 Å². The number of nitrogens with zero attached hydrogens (tertiary/aromatic N) is 2. The van der Waals surface area contributed by atoms with Gasteiger partial charge in [-0.3, -0.25) is 10.1 Å². The summed E-state index contributed by atoms with van der Waals surface area (Å²) in [6, 6.07) is 4.59. The van der Waals surface area contributed by atoms with Gasteiger partial charge < -0.3 is 4.74 Å². The van der Waals surface area contributed by atoms with Crippen molar-refractivity contribution in [2.24, 2.45) is 4.99 Å². The third-order valence-electron chi connectivity index (χ3n) is 4.81. The minimum atomic E-state index is 0.484. The maximum atomic E-state index is 6.03. The first-order valence-electron chi connectivity index (χ1n) is 8.99. The van der Waals surface area contributed by atoms with Crippen LogP contribution in [0.2, 0.25) is 0 Å². The normalized spacial score (nSPS) is 18.3. The van der Waals surface area contributed by atoms with Gasteiger partial charge in [-0.15, -0.1) is 0 Å². The lowest BCUT2D eigenvalue weighted by atomic mass is 10.0. The van der Waals surface area contributed by atoms with Crippen molar-refractivity contribution < 1.29 is 4.74 Å². The summed E-state index contributed by atoms with van der Waals surface area (Å²) in [5, 5.41) is 9.48. The zero-order chi connectivity index (χ0) is 18.1. The van der Waals surface area contributed by atoms with Gasteiger partial charge in [0.25, 0.3) is 0 Å². The van der Waals surface area contributed by atoms with Crippen molar-refractivity contribution in [1.29, 1.82) is 0 Å². The molecule has 4 rings (SSSR count). The molecule has 0 amide bonds. The molecule has 1 aromatic carbocycles. The molecule has 1 heterocycles. The molecule has 0 unspecified atom stereocenters. The number of aromatic nitrogens is 2. The highest BCUT2D eigenvalue weighted by Crippen LogP contribution is 2.34. The van der Waals surface area contributed by atoms with Crippen LogP contribution in [0.4, 0.5) is 0 Å². The predicted octanol–water partition coefficient (Wildman–Crippen LogP) is 5.40. The van der Waals surface area contributed by atoms with Crippen molar-refractivity contribution in [1.82, 2.24) is 10.2 Å². The van der Waals surface area contributed by atoms with Gasteiger partial charge in [-0.2, -0.15) is 5.10 Å². The summed E-state index contributed by atoms with van der Waals surface area (Å²) < 4.78 is 5.77. The van der Waals surface area contributed by atoms with Crippen LogP contribution in [-0.4, -0.2) is 29.1 Å². The Morgan fingerprint density at radius 1 is 1.27 bits per heavy atom. The number of methoxy groups -OCH3 is 1. The maximum Gasteiger partial charge on any atom is 0.139 e. The summed E-state index contributed by atoms with van der Waals surface area (Å²) in [6.07, 6.45) is 12.4. The second-order valence-electron chi connectivity index (χ2n) is 6.81. The van der Waals surface area contributed by atoms with E-state index in [1.807, 2.05) is 18.2 Å². The van der Waals surface area contributed by atoms with Gasteiger partial charge >= 0.3 is 0 Å². The van der Waals surface area contributed by atoms with E-state index in [-0.39, 0.29) is 0 Å². The van der Waals surface area contributed by atoms with E-state index in [9.17, 15) is 0 Å². The number of halogens is 1. The van der Waals surface area contributed by atoms with E-state index >= 15 is 0 Å². The fourth-order valence-electron chi connectivity index (χ4n) is 3.22. The third kappa shape index (κ3) is 3.47. The Kier molecular flexibility index (Phi) is 4.68. The summed E-state index contributed by atoms with van der Waals surface area (Å²) in [5.41, 5.74) is 5.14. The largest absolute Gasteiger partial charge is 0.495 e. The standard InChI is InChI=1S/C21H22ClN3O/c1-13(23-16-8-9-16)17-10-12-19-20(21(17)26-2)18(24-25-19)11-5-14-3-6-15(22)7-4-14/h3,5-6,10-12,16H,4,7-9H2,1-2H3,(H,24,25)/b11-5+,23-13?. The lowest BCUT2D eigenvalue weighted by molar-refractivity contribution is 0.419. The van der Waals surface area contributed by atoms with Crippen molar-refractivity contribution in [2.45, 2.75) is 38.6 Å². The molecule has 26 heavy (non-hydrogen) atoms. The minimum absolute atomic E-state index is 0.484. The number of hydrogen-bond donors (Lipinski definition) is 1. The summed E-state index contributed by atoms with van der Waals surface area (Å²) in [4.78, 5) is 4.77. The van der Waals surface area contributed by atoms with Crippen molar-refractivity contribution in [3.63, 3.8) is 0 Å². The minimum Gasteiger partial charge on any atom is -0.495 e. The summed E-state index contributed by atoms with van der Waals surface area (Å²) in [6.45, 7) is 2.06. The van der Waals surface area contributed by atoms with Gasteiger partial charge in [0, 0.05) is 16.3 Å². The van der Waals surface area contributed by atoms with Crippen molar-refractivity contribution >= 4 is 34.3 Å². The first-order valence-corrected chi connectivity index (χ1v) is 9.36. The SMILES string of the molecule is COc1c(C(C)=NC2CC2)ccc2[nH]nc(/C=C/C3=CC=C(Cl)CC3)c12. The maximum absolute atomic E-state index is 6.03. The molecule has 0 radical (unpaired) electrons. The monoisotopic (exact) mass is 367 g/mol. The fraction of sp³-hybridized carbons (Fsp3) is 0.333. The molecule has 4 nitrogen and oxygen atoms in total. The van der Waals surface area contributed by atoms with E-state index in [4.69, 9.17) is 21.3 Å². The molecule has 0 atom stereocenters. The Hall–Kier alpha value is -2.33.